The summed E-state index contributed by atoms with van der Waals surface area (Å²) >= 11 is 0. The summed E-state index contributed by atoms with van der Waals surface area (Å²) in [5.41, 5.74) is 2.20. The summed E-state index contributed by atoms with van der Waals surface area (Å²) in [6, 6.07) is 3.64. The van der Waals surface area contributed by atoms with Crippen molar-refractivity contribution in [2.24, 2.45) is 13.0 Å². The van der Waals surface area contributed by atoms with Crippen molar-refractivity contribution in [1.29, 1.82) is 0 Å². The summed E-state index contributed by atoms with van der Waals surface area (Å²) in [6.45, 7) is -0.107. The number of nitrogens with zero attached hydrogens (tertiary/aromatic N) is 3. The molecule has 0 spiro atoms. The molecule has 2 N–H and O–H groups in total. The molecule has 0 aliphatic heterocycles. The van der Waals surface area contributed by atoms with Crippen LogP contribution in [0.3, 0.4) is 0 Å². The summed E-state index contributed by atoms with van der Waals surface area (Å²) in [4.78, 5) is 15.5. The summed E-state index contributed by atoms with van der Waals surface area (Å²) in [5.74, 6) is -0.437. The van der Waals surface area contributed by atoms with Gasteiger partial charge in [0.1, 0.15) is 5.75 Å². The molecule has 7 heteroatoms. The van der Waals surface area contributed by atoms with Crippen LogP contribution in [0.5, 0.6) is 5.75 Å². The number of hydrogen-bond acceptors (Lipinski definition) is 5. The maximum absolute atomic E-state index is 11.1. The predicted octanol–water partition coefficient (Wildman–Crippen LogP) is 2.00. The minimum atomic E-state index is -0.745. The molecule has 2 atom stereocenters. The van der Waals surface area contributed by atoms with E-state index in [4.69, 9.17) is 9.84 Å². The molecule has 2 aromatic heterocycles. The first kappa shape index (κ1) is 16.4. The van der Waals surface area contributed by atoms with Crippen molar-refractivity contribution in [3.8, 4) is 17.0 Å². The van der Waals surface area contributed by atoms with Gasteiger partial charge in [0.25, 0.3) is 0 Å². The smallest absolute Gasteiger partial charge is 0.306 e. The van der Waals surface area contributed by atoms with Crippen LogP contribution in [0.15, 0.2) is 24.5 Å². The van der Waals surface area contributed by atoms with E-state index in [1.54, 1.807) is 24.1 Å². The first-order valence-corrected chi connectivity index (χ1v) is 8.06. The molecule has 0 bridgehead atoms. The molecule has 0 radical (unpaired) electrons. The van der Waals surface area contributed by atoms with Crippen molar-refractivity contribution in [3.05, 3.63) is 30.2 Å². The van der Waals surface area contributed by atoms with Gasteiger partial charge in [0, 0.05) is 12.6 Å². The second-order valence-corrected chi connectivity index (χ2v) is 6.11. The van der Waals surface area contributed by atoms with E-state index in [2.05, 4.69) is 10.1 Å². The fourth-order valence-electron chi connectivity index (χ4n) is 3.14. The lowest BCUT2D eigenvalue weighted by Crippen LogP contribution is -2.29. The fraction of sp³-hybridized carbons (Fsp3) is 0.471. The van der Waals surface area contributed by atoms with Gasteiger partial charge in [0.15, 0.2) is 0 Å². The first-order chi connectivity index (χ1) is 11.6. The Morgan fingerprint density at radius 2 is 2.21 bits per heavy atom. The molecule has 0 unspecified atom stereocenters. The standard InChI is InChI=1S/C17H21N3O4/c1-20-16(10-21)14(9-19-20)15-6-5-13(8-18-15)24-12-4-2-3-11(7-12)17(22)23/h5-6,8-9,11-12,21H,2-4,7,10H2,1H3,(H,22,23)/t11-,12-/m0/s1. The quantitative estimate of drug-likeness (QED) is 0.869. The van der Waals surface area contributed by atoms with Gasteiger partial charge in [-0.15, -0.1) is 0 Å². The van der Waals surface area contributed by atoms with Crippen molar-refractivity contribution in [1.82, 2.24) is 14.8 Å². The highest BCUT2D eigenvalue weighted by Gasteiger charge is 2.28. The molecule has 3 rings (SSSR count). The molecule has 1 saturated carbocycles. The van der Waals surface area contributed by atoms with E-state index in [1.807, 2.05) is 12.1 Å². The Morgan fingerprint density at radius 1 is 1.38 bits per heavy atom. The summed E-state index contributed by atoms with van der Waals surface area (Å²) in [7, 11) is 1.77. The fourth-order valence-corrected chi connectivity index (χ4v) is 3.14. The van der Waals surface area contributed by atoms with E-state index >= 15 is 0 Å². The second kappa shape index (κ2) is 7.00. The third-order valence-electron chi connectivity index (χ3n) is 4.50. The van der Waals surface area contributed by atoms with Gasteiger partial charge in [-0.25, -0.2) is 0 Å². The Bertz CT molecular complexity index is 711. The molecule has 1 fully saturated rings. The Hall–Kier alpha value is -2.41. The van der Waals surface area contributed by atoms with Gasteiger partial charge in [-0.1, -0.05) is 0 Å². The number of ether oxygens (including phenoxy) is 1. The summed E-state index contributed by atoms with van der Waals surface area (Å²) in [5, 5.41) is 22.7. The van der Waals surface area contributed by atoms with Crippen LogP contribution < -0.4 is 4.74 Å². The zero-order valence-electron chi connectivity index (χ0n) is 13.6. The Morgan fingerprint density at radius 3 is 2.88 bits per heavy atom. The highest BCUT2D eigenvalue weighted by Crippen LogP contribution is 2.29. The van der Waals surface area contributed by atoms with Crippen LogP contribution in [-0.4, -0.2) is 37.1 Å². The molecule has 1 aliphatic carbocycles. The molecule has 1 aliphatic rings. The number of aliphatic hydroxyl groups excluding tert-OH is 1. The number of aliphatic carboxylic acids is 1. The van der Waals surface area contributed by atoms with E-state index in [0.29, 0.717) is 23.6 Å². The average Bonchev–Trinajstić information content (AvgIpc) is 2.96. The Labute approximate surface area is 139 Å². The van der Waals surface area contributed by atoms with Crippen molar-refractivity contribution in [2.45, 2.75) is 38.4 Å². The molecule has 0 amide bonds. The number of aliphatic hydroxyl groups is 1. The van der Waals surface area contributed by atoms with Gasteiger partial charge in [-0.05, 0) is 37.8 Å². The zero-order chi connectivity index (χ0) is 17.1. The number of rotatable bonds is 5. The molecule has 0 saturated heterocycles. The van der Waals surface area contributed by atoms with Crippen LogP contribution in [0.4, 0.5) is 0 Å². The number of aryl methyl sites for hydroxylation is 1. The number of carboxylic acid groups (broad SMARTS) is 1. The molecule has 24 heavy (non-hydrogen) atoms. The Kier molecular flexibility index (Phi) is 4.80. The largest absolute Gasteiger partial charge is 0.489 e. The Balaban J connectivity index is 1.69. The number of hydrogen-bond donors (Lipinski definition) is 2. The SMILES string of the molecule is Cn1ncc(-c2ccc(O[C@H]3CCC[C@H](C(=O)O)C3)cn2)c1CO. The van der Waals surface area contributed by atoms with E-state index in [0.717, 1.165) is 24.8 Å². The van der Waals surface area contributed by atoms with Gasteiger partial charge >= 0.3 is 5.97 Å². The van der Waals surface area contributed by atoms with Crippen molar-refractivity contribution in [2.75, 3.05) is 0 Å². The van der Waals surface area contributed by atoms with Gasteiger partial charge < -0.3 is 14.9 Å². The zero-order valence-corrected chi connectivity index (χ0v) is 13.6. The monoisotopic (exact) mass is 331 g/mol. The molecular formula is C17H21N3O4. The maximum Gasteiger partial charge on any atom is 0.306 e. The summed E-state index contributed by atoms with van der Waals surface area (Å²) in [6.07, 6.45) is 6.21. The molecule has 7 nitrogen and oxygen atoms in total. The van der Waals surface area contributed by atoms with E-state index in [9.17, 15) is 9.90 Å². The molecular weight excluding hydrogens is 310 g/mol. The van der Waals surface area contributed by atoms with Crippen LogP contribution in [-0.2, 0) is 18.4 Å². The topological polar surface area (TPSA) is 97.5 Å². The van der Waals surface area contributed by atoms with Crippen molar-refractivity contribution < 1.29 is 19.7 Å². The third-order valence-corrected chi connectivity index (χ3v) is 4.50. The van der Waals surface area contributed by atoms with Crippen LogP contribution >= 0.6 is 0 Å². The maximum atomic E-state index is 11.1. The molecule has 0 aromatic carbocycles. The van der Waals surface area contributed by atoms with Gasteiger partial charge in [0.2, 0.25) is 0 Å². The lowest BCUT2D eigenvalue weighted by molar-refractivity contribution is -0.143. The van der Waals surface area contributed by atoms with Crippen LogP contribution in [0.1, 0.15) is 31.4 Å². The highest BCUT2D eigenvalue weighted by molar-refractivity contribution is 5.70. The van der Waals surface area contributed by atoms with E-state index in [1.165, 1.54) is 0 Å². The number of aromatic nitrogens is 3. The van der Waals surface area contributed by atoms with Crippen molar-refractivity contribution >= 4 is 5.97 Å². The summed E-state index contributed by atoms with van der Waals surface area (Å²) < 4.78 is 7.51. The van der Waals surface area contributed by atoms with Crippen molar-refractivity contribution in [3.63, 3.8) is 0 Å². The average molecular weight is 331 g/mol. The van der Waals surface area contributed by atoms with Gasteiger partial charge in [0.05, 0.1) is 42.4 Å². The minimum absolute atomic E-state index is 0.0844. The van der Waals surface area contributed by atoms with E-state index < -0.39 is 5.97 Å². The predicted molar refractivity (Wildman–Crippen MR) is 86.4 cm³/mol. The number of carbonyl (C=O) groups is 1. The highest BCUT2D eigenvalue weighted by atomic mass is 16.5. The first-order valence-electron chi connectivity index (χ1n) is 8.06. The van der Waals surface area contributed by atoms with Gasteiger partial charge in [-0.3, -0.25) is 14.5 Å². The van der Waals surface area contributed by atoms with Gasteiger partial charge in [-0.2, -0.15) is 5.10 Å². The number of pyridine rings is 1. The lowest BCUT2D eigenvalue weighted by Gasteiger charge is -2.27. The minimum Gasteiger partial charge on any atom is -0.489 e. The van der Waals surface area contributed by atoms with Crippen LogP contribution in [0.25, 0.3) is 11.3 Å². The van der Waals surface area contributed by atoms with Crippen LogP contribution in [0.2, 0.25) is 0 Å². The molecule has 128 valence electrons. The van der Waals surface area contributed by atoms with E-state index in [-0.39, 0.29) is 18.6 Å². The van der Waals surface area contributed by atoms with Crippen LogP contribution in [0, 0.1) is 5.92 Å². The normalized spacial score (nSPS) is 20.8. The molecule has 2 heterocycles. The molecule has 2 aromatic rings. The third kappa shape index (κ3) is 3.41. The number of carboxylic acids is 1. The lowest BCUT2D eigenvalue weighted by atomic mass is 9.87. The second-order valence-electron chi connectivity index (χ2n) is 6.11.